The van der Waals surface area contributed by atoms with Crippen molar-refractivity contribution >= 4 is 17.4 Å². The van der Waals surface area contributed by atoms with Gasteiger partial charge in [-0.15, -0.1) is 10.2 Å². The van der Waals surface area contributed by atoms with E-state index in [-0.39, 0.29) is 0 Å². The van der Waals surface area contributed by atoms with Gasteiger partial charge in [0.1, 0.15) is 11.3 Å². The van der Waals surface area contributed by atoms with Crippen molar-refractivity contribution < 1.29 is 0 Å². The van der Waals surface area contributed by atoms with Crippen molar-refractivity contribution in [2.75, 3.05) is 0 Å². The Hall–Kier alpha value is -2.74. The fourth-order valence-corrected chi connectivity index (χ4v) is 3.48. The van der Waals surface area contributed by atoms with Gasteiger partial charge >= 0.3 is 0 Å². The molecule has 7 nitrogen and oxygen atoms in total. The summed E-state index contributed by atoms with van der Waals surface area (Å²) < 4.78 is 4.14. The van der Waals surface area contributed by atoms with Crippen LogP contribution in [0.15, 0.2) is 54.3 Å². The molecule has 0 bridgehead atoms. The van der Waals surface area contributed by atoms with Crippen molar-refractivity contribution in [1.29, 1.82) is 0 Å². The monoisotopic (exact) mass is 337 g/mol. The molecule has 0 fully saturated rings. The molecule has 0 aliphatic carbocycles. The number of rotatable bonds is 5. The maximum Gasteiger partial charge on any atom is 0.191 e. The second kappa shape index (κ2) is 6.40. The molecule has 0 aliphatic rings. The quantitative estimate of drug-likeness (QED) is 0.521. The van der Waals surface area contributed by atoms with Crippen LogP contribution in [0.5, 0.6) is 0 Å². The molecular weight excluding hydrogens is 322 g/mol. The molecule has 24 heavy (non-hydrogen) atoms. The SMILES string of the molecule is CCn1c(SCc2cnc3ccccn23)nnc1-c1cnccn1. The lowest BCUT2D eigenvalue weighted by Gasteiger charge is -2.06. The molecule has 0 radical (unpaired) electrons. The largest absolute Gasteiger partial charge is 0.303 e. The van der Waals surface area contributed by atoms with Crippen molar-refractivity contribution in [2.24, 2.45) is 0 Å². The van der Waals surface area contributed by atoms with Gasteiger partial charge in [-0.2, -0.15) is 0 Å². The Bertz CT molecular complexity index is 961. The molecule has 0 unspecified atom stereocenters. The smallest absolute Gasteiger partial charge is 0.191 e. The molecule has 4 aromatic rings. The van der Waals surface area contributed by atoms with Gasteiger partial charge in [0.25, 0.3) is 0 Å². The molecule has 0 aliphatic heterocycles. The van der Waals surface area contributed by atoms with Crippen LogP contribution in [0, 0.1) is 0 Å². The third-order valence-corrected chi connectivity index (χ3v) is 4.67. The molecule has 4 rings (SSSR count). The van der Waals surface area contributed by atoms with Gasteiger partial charge in [0, 0.05) is 30.9 Å². The number of pyridine rings is 1. The summed E-state index contributed by atoms with van der Waals surface area (Å²) in [6.45, 7) is 2.84. The first-order valence-corrected chi connectivity index (χ1v) is 8.58. The molecule has 8 heteroatoms. The van der Waals surface area contributed by atoms with E-state index < -0.39 is 0 Å². The first kappa shape index (κ1) is 14.8. The van der Waals surface area contributed by atoms with Crippen molar-refractivity contribution in [3.63, 3.8) is 0 Å². The Morgan fingerprint density at radius 1 is 1.08 bits per heavy atom. The lowest BCUT2D eigenvalue weighted by Crippen LogP contribution is -2.01. The van der Waals surface area contributed by atoms with Crippen LogP contribution in [0.25, 0.3) is 17.2 Å². The Morgan fingerprint density at radius 2 is 2.04 bits per heavy atom. The van der Waals surface area contributed by atoms with Crippen LogP contribution in [0.1, 0.15) is 12.6 Å². The molecule has 4 aromatic heterocycles. The predicted molar refractivity (Wildman–Crippen MR) is 91.5 cm³/mol. The van der Waals surface area contributed by atoms with Gasteiger partial charge in [-0.3, -0.25) is 4.98 Å². The first-order chi connectivity index (χ1) is 11.9. The Balaban J connectivity index is 1.60. The van der Waals surface area contributed by atoms with E-state index in [4.69, 9.17) is 0 Å². The summed E-state index contributed by atoms with van der Waals surface area (Å²) in [4.78, 5) is 12.8. The fourth-order valence-electron chi connectivity index (χ4n) is 2.51. The zero-order valence-corrected chi connectivity index (χ0v) is 13.9. The summed E-state index contributed by atoms with van der Waals surface area (Å²) in [5, 5.41) is 9.47. The summed E-state index contributed by atoms with van der Waals surface area (Å²) >= 11 is 1.64. The molecule has 0 saturated heterocycles. The molecule has 0 spiro atoms. The summed E-state index contributed by atoms with van der Waals surface area (Å²) in [6.07, 6.45) is 8.94. The number of thioether (sulfide) groups is 1. The van der Waals surface area contributed by atoms with Crippen molar-refractivity contribution in [1.82, 2.24) is 34.1 Å². The second-order valence-corrected chi connectivity index (χ2v) is 6.05. The highest BCUT2D eigenvalue weighted by atomic mass is 32.2. The zero-order valence-electron chi connectivity index (χ0n) is 13.1. The van der Waals surface area contributed by atoms with Gasteiger partial charge in [-0.05, 0) is 19.1 Å². The predicted octanol–water partition coefficient (Wildman–Crippen LogP) is 2.70. The van der Waals surface area contributed by atoms with Crippen molar-refractivity contribution in [2.45, 2.75) is 24.4 Å². The summed E-state index contributed by atoms with van der Waals surface area (Å²) in [7, 11) is 0. The van der Waals surface area contributed by atoms with Gasteiger partial charge in [-0.25, -0.2) is 9.97 Å². The number of hydrogen-bond donors (Lipinski definition) is 0. The Morgan fingerprint density at radius 3 is 2.88 bits per heavy atom. The lowest BCUT2D eigenvalue weighted by molar-refractivity contribution is 0.685. The van der Waals surface area contributed by atoms with Crippen LogP contribution in [0.3, 0.4) is 0 Å². The van der Waals surface area contributed by atoms with Crippen LogP contribution in [-0.2, 0) is 12.3 Å². The number of imidazole rings is 1. The molecule has 120 valence electrons. The van der Waals surface area contributed by atoms with Crippen molar-refractivity contribution in [3.05, 3.63) is 54.9 Å². The van der Waals surface area contributed by atoms with E-state index in [0.717, 1.165) is 40.3 Å². The van der Waals surface area contributed by atoms with Gasteiger partial charge < -0.3 is 8.97 Å². The maximum atomic E-state index is 4.41. The third kappa shape index (κ3) is 2.65. The highest BCUT2D eigenvalue weighted by Gasteiger charge is 2.15. The van der Waals surface area contributed by atoms with Crippen LogP contribution >= 0.6 is 11.8 Å². The van der Waals surface area contributed by atoms with Gasteiger partial charge in [0.15, 0.2) is 11.0 Å². The minimum absolute atomic E-state index is 0.730. The summed E-state index contributed by atoms with van der Waals surface area (Å²) in [5.74, 6) is 1.51. The molecular formula is C16H15N7S. The first-order valence-electron chi connectivity index (χ1n) is 7.60. The maximum absolute atomic E-state index is 4.41. The minimum atomic E-state index is 0.730. The third-order valence-electron chi connectivity index (χ3n) is 3.67. The number of hydrogen-bond acceptors (Lipinski definition) is 6. The van der Waals surface area contributed by atoms with E-state index in [0.29, 0.717) is 0 Å². The normalized spacial score (nSPS) is 11.2. The van der Waals surface area contributed by atoms with E-state index in [9.17, 15) is 0 Å². The number of fused-ring (bicyclic) bond motifs is 1. The van der Waals surface area contributed by atoms with E-state index >= 15 is 0 Å². The average molecular weight is 337 g/mol. The minimum Gasteiger partial charge on any atom is -0.303 e. The fraction of sp³-hybridized carbons (Fsp3) is 0.188. The van der Waals surface area contributed by atoms with E-state index in [1.807, 2.05) is 30.6 Å². The molecule has 4 heterocycles. The highest BCUT2D eigenvalue weighted by Crippen LogP contribution is 2.25. The standard InChI is InChI=1S/C16H15N7S/c1-2-22-15(13-10-17-6-7-18-13)20-21-16(22)24-11-12-9-19-14-5-3-4-8-23(12)14/h3-10H,2,11H2,1H3. The Labute approximate surface area is 142 Å². The zero-order chi connectivity index (χ0) is 16.4. The van der Waals surface area contributed by atoms with E-state index in [1.165, 1.54) is 0 Å². The Kier molecular flexibility index (Phi) is 3.96. The average Bonchev–Trinajstić information content (AvgIpc) is 3.24. The number of aromatic nitrogens is 7. The van der Waals surface area contributed by atoms with E-state index in [2.05, 4.69) is 41.0 Å². The highest BCUT2D eigenvalue weighted by molar-refractivity contribution is 7.98. The molecule has 0 N–H and O–H groups in total. The van der Waals surface area contributed by atoms with Crippen LogP contribution < -0.4 is 0 Å². The molecule has 0 aromatic carbocycles. The van der Waals surface area contributed by atoms with Gasteiger partial charge in [-0.1, -0.05) is 17.8 Å². The molecule has 0 atom stereocenters. The lowest BCUT2D eigenvalue weighted by atomic mass is 10.4. The topological polar surface area (TPSA) is 73.8 Å². The summed E-state index contributed by atoms with van der Waals surface area (Å²) in [5.41, 5.74) is 2.81. The second-order valence-electron chi connectivity index (χ2n) is 5.11. The van der Waals surface area contributed by atoms with Crippen LogP contribution in [0.2, 0.25) is 0 Å². The van der Waals surface area contributed by atoms with Crippen molar-refractivity contribution in [3.8, 4) is 11.5 Å². The summed E-state index contributed by atoms with van der Waals surface area (Å²) in [6, 6.07) is 5.98. The van der Waals surface area contributed by atoms with Gasteiger partial charge in [0.2, 0.25) is 0 Å². The van der Waals surface area contributed by atoms with Crippen LogP contribution in [0.4, 0.5) is 0 Å². The molecule has 0 amide bonds. The molecule has 0 saturated carbocycles. The van der Waals surface area contributed by atoms with Crippen LogP contribution in [-0.4, -0.2) is 34.1 Å². The van der Waals surface area contributed by atoms with E-state index in [1.54, 1.807) is 30.4 Å². The van der Waals surface area contributed by atoms with Gasteiger partial charge in [0.05, 0.1) is 18.1 Å². The number of nitrogens with zero attached hydrogens (tertiary/aromatic N) is 7.